The highest BCUT2D eigenvalue weighted by molar-refractivity contribution is 5.89. The molecule has 142 valence electrons. The Labute approximate surface area is 153 Å². The highest BCUT2D eigenvalue weighted by Crippen LogP contribution is 2.19. The number of carboxylic acid groups (broad SMARTS) is 1. The van der Waals surface area contributed by atoms with Crippen LogP contribution in [0, 0.1) is 5.92 Å². The van der Waals surface area contributed by atoms with E-state index >= 15 is 0 Å². The van der Waals surface area contributed by atoms with E-state index in [4.69, 9.17) is 4.74 Å². The summed E-state index contributed by atoms with van der Waals surface area (Å²) in [6.45, 7) is 4.35. The van der Waals surface area contributed by atoms with Crippen LogP contribution in [0.3, 0.4) is 0 Å². The molecule has 1 heterocycles. The molecule has 2 amide bonds. The Morgan fingerprint density at radius 3 is 2.58 bits per heavy atom. The van der Waals surface area contributed by atoms with Crippen LogP contribution in [-0.2, 0) is 20.9 Å². The van der Waals surface area contributed by atoms with E-state index in [9.17, 15) is 19.5 Å². The van der Waals surface area contributed by atoms with E-state index in [0.29, 0.717) is 25.8 Å². The summed E-state index contributed by atoms with van der Waals surface area (Å²) in [7, 11) is 0. The first-order valence-corrected chi connectivity index (χ1v) is 8.89. The number of nitrogens with zero attached hydrogens (tertiary/aromatic N) is 1. The lowest BCUT2D eigenvalue weighted by Gasteiger charge is -2.25. The number of amides is 2. The van der Waals surface area contributed by atoms with Gasteiger partial charge in [0.15, 0.2) is 0 Å². The van der Waals surface area contributed by atoms with E-state index in [-0.39, 0.29) is 12.5 Å². The van der Waals surface area contributed by atoms with Gasteiger partial charge in [0.05, 0.1) is 0 Å². The van der Waals surface area contributed by atoms with Crippen molar-refractivity contribution in [1.29, 1.82) is 0 Å². The summed E-state index contributed by atoms with van der Waals surface area (Å²) in [5, 5.41) is 11.8. The van der Waals surface area contributed by atoms with Gasteiger partial charge in [0.25, 0.3) is 0 Å². The van der Waals surface area contributed by atoms with Crippen molar-refractivity contribution < 1.29 is 24.2 Å². The number of benzene rings is 1. The largest absolute Gasteiger partial charge is 0.480 e. The second kappa shape index (κ2) is 9.22. The monoisotopic (exact) mass is 362 g/mol. The normalized spacial score (nSPS) is 17.8. The van der Waals surface area contributed by atoms with Crippen molar-refractivity contribution in [2.75, 3.05) is 6.54 Å². The van der Waals surface area contributed by atoms with Gasteiger partial charge in [0.1, 0.15) is 18.7 Å². The summed E-state index contributed by atoms with van der Waals surface area (Å²) in [4.78, 5) is 37.6. The Morgan fingerprint density at radius 2 is 1.96 bits per heavy atom. The molecule has 26 heavy (non-hydrogen) atoms. The van der Waals surface area contributed by atoms with Crippen LogP contribution in [0.4, 0.5) is 4.79 Å². The topological polar surface area (TPSA) is 95.9 Å². The number of hydrogen-bond acceptors (Lipinski definition) is 4. The number of hydrogen-bond donors (Lipinski definition) is 2. The van der Waals surface area contributed by atoms with Gasteiger partial charge in [-0.1, -0.05) is 44.2 Å². The van der Waals surface area contributed by atoms with Crippen LogP contribution in [0.15, 0.2) is 30.3 Å². The highest BCUT2D eigenvalue weighted by atomic mass is 16.6. The summed E-state index contributed by atoms with van der Waals surface area (Å²) in [5.74, 6) is -1.37. The molecule has 0 aliphatic carbocycles. The van der Waals surface area contributed by atoms with E-state index in [0.717, 1.165) is 5.56 Å². The molecule has 0 radical (unpaired) electrons. The summed E-state index contributed by atoms with van der Waals surface area (Å²) in [6, 6.07) is 7.65. The minimum absolute atomic E-state index is 0.131. The van der Waals surface area contributed by atoms with Crippen molar-refractivity contribution in [3.05, 3.63) is 35.9 Å². The number of carboxylic acids is 1. The molecule has 2 atom stereocenters. The molecule has 0 bridgehead atoms. The van der Waals surface area contributed by atoms with Gasteiger partial charge in [0, 0.05) is 6.54 Å². The average Bonchev–Trinajstić information content (AvgIpc) is 3.09. The number of carbonyl (C=O) groups excluding carboxylic acids is 2. The van der Waals surface area contributed by atoms with Gasteiger partial charge in [-0.05, 0) is 30.7 Å². The third kappa shape index (κ3) is 5.47. The Kier molecular flexibility index (Phi) is 7.00. The molecule has 2 rings (SSSR count). The molecule has 1 aromatic carbocycles. The maximum absolute atomic E-state index is 12.5. The molecule has 2 N–H and O–H groups in total. The molecule has 0 saturated carbocycles. The van der Waals surface area contributed by atoms with Gasteiger partial charge < -0.3 is 15.2 Å². The third-order valence-electron chi connectivity index (χ3n) is 4.32. The van der Waals surface area contributed by atoms with Crippen LogP contribution in [0.5, 0.6) is 0 Å². The van der Waals surface area contributed by atoms with E-state index in [1.165, 1.54) is 4.90 Å². The number of aliphatic carboxylic acids is 1. The third-order valence-corrected chi connectivity index (χ3v) is 4.32. The number of likely N-dealkylation sites (tertiary alicyclic amines) is 1. The maximum Gasteiger partial charge on any atom is 0.410 e. The summed E-state index contributed by atoms with van der Waals surface area (Å²) in [5.41, 5.74) is 0.865. The summed E-state index contributed by atoms with van der Waals surface area (Å²) < 4.78 is 5.30. The number of carbonyl (C=O) groups is 3. The van der Waals surface area contributed by atoms with Crippen LogP contribution in [0.25, 0.3) is 0 Å². The maximum atomic E-state index is 12.5. The van der Waals surface area contributed by atoms with Crippen LogP contribution in [-0.4, -0.2) is 46.6 Å². The Morgan fingerprint density at radius 1 is 1.27 bits per heavy atom. The molecule has 7 nitrogen and oxygen atoms in total. The van der Waals surface area contributed by atoms with Gasteiger partial charge in [-0.2, -0.15) is 0 Å². The zero-order chi connectivity index (χ0) is 19.1. The van der Waals surface area contributed by atoms with Crippen LogP contribution >= 0.6 is 0 Å². The van der Waals surface area contributed by atoms with Crippen molar-refractivity contribution in [2.24, 2.45) is 5.92 Å². The van der Waals surface area contributed by atoms with Gasteiger partial charge >= 0.3 is 12.1 Å². The quantitative estimate of drug-likeness (QED) is 0.776. The first-order valence-electron chi connectivity index (χ1n) is 8.89. The predicted molar refractivity (Wildman–Crippen MR) is 95.4 cm³/mol. The van der Waals surface area contributed by atoms with E-state index in [1.807, 2.05) is 44.2 Å². The first kappa shape index (κ1) is 19.8. The lowest BCUT2D eigenvalue weighted by atomic mass is 10.0. The van der Waals surface area contributed by atoms with Crippen molar-refractivity contribution in [3.63, 3.8) is 0 Å². The molecule has 7 heteroatoms. The fourth-order valence-corrected chi connectivity index (χ4v) is 3.02. The van der Waals surface area contributed by atoms with Crippen LogP contribution < -0.4 is 5.32 Å². The lowest BCUT2D eigenvalue weighted by Crippen LogP contribution is -2.51. The standard InChI is InChI=1S/C19H26N2O5/c1-13(2)11-15(18(23)24)20-17(22)16-9-6-10-21(16)19(25)26-12-14-7-4-3-5-8-14/h3-5,7-8,13,15-16H,6,9-12H2,1-2H3,(H,20,22)(H,23,24)/t15-,16-/m0/s1. The predicted octanol–water partition coefficient (Wildman–Crippen LogP) is 2.40. The molecule has 1 aliphatic heterocycles. The molecule has 1 aromatic rings. The van der Waals surface area contributed by atoms with Crippen molar-refractivity contribution in [3.8, 4) is 0 Å². The Balaban J connectivity index is 1.94. The summed E-state index contributed by atoms with van der Waals surface area (Å²) >= 11 is 0. The fraction of sp³-hybridized carbons (Fsp3) is 0.526. The zero-order valence-corrected chi connectivity index (χ0v) is 15.2. The van der Waals surface area contributed by atoms with Crippen molar-refractivity contribution in [2.45, 2.75) is 51.8 Å². The first-order chi connectivity index (χ1) is 12.4. The Hall–Kier alpha value is -2.57. The molecule has 1 aliphatic rings. The minimum atomic E-state index is -1.07. The summed E-state index contributed by atoms with van der Waals surface area (Å²) in [6.07, 6.45) is 0.967. The molecule has 0 aromatic heterocycles. The number of rotatable bonds is 7. The number of nitrogens with one attached hydrogen (secondary N) is 1. The Bertz CT molecular complexity index is 632. The van der Waals surface area contributed by atoms with Gasteiger partial charge in [-0.15, -0.1) is 0 Å². The highest BCUT2D eigenvalue weighted by Gasteiger charge is 2.36. The molecule has 0 unspecified atom stereocenters. The second-order valence-corrected chi connectivity index (χ2v) is 6.92. The molecule has 1 saturated heterocycles. The SMILES string of the molecule is CC(C)C[C@H](NC(=O)[C@@H]1CCCN1C(=O)OCc1ccccc1)C(=O)O. The molecular formula is C19H26N2O5. The van der Waals surface area contributed by atoms with E-state index in [1.54, 1.807) is 0 Å². The van der Waals surface area contributed by atoms with Crippen LogP contribution in [0.1, 0.15) is 38.7 Å². The van der Waals surface area contributed by atoms with Crippen LogP contribution in [0.2, 0.25) is 0 Å². The zero-order valence-electron chi connectivity index (χ0n) is 15.2. The van der Waals surface area contributed by atoms with E-state index in [2.05, 4.69) is 5.32 Å². The number of ether oxygens (including phenoxy) is 1. The van der Waals surface area contributed by atoms with Crippen molar-refractivity contribution in [1.82, 2.24) is 10.2 Å². The van der Waals surface area contributed by atoms with E-state index < -0.39 is 30.1 Å². The fourth-order valence-electron chi connectivity index (χ4n) is 3.02. The van der Waals surface area contributed by atoms with Crippen molar-refractivity contribution >= 4 is 18.0 Å². The lowest BCUT2D eigenvalue weighted by molar-refractivity contribution is -0.142. The molecular weight excluding hydrogens is 336 g/mol. The van der Waals surface area contributed by atoms with Gasteiger partial charge in [0.2, 0.25) is 5.91 Å². The molecule has 1 fully saturated rings. The van der Waals surface area contributed by atoms with Gasteiger partial charge in [-0.25, -0.2) is 9.59 Å². The second-order valence-electron chi connectivity index (χ2n) is 6.92. The van der Waals surface area contributed by atoms with Gasteiger partial charge in [-0.3, -0.25) is 9.69 Å². The molecule has 0 spiro atoms. The smallest absolute Gasteiger partial charge is 0.410 e. The average molecular weight is 362 g/mol. The minimum Gasteiger partial charge on any atom is -0.480 e.